The third kappa shape index (κ3) is 4.92. The Labute approximate surface area is 178 Å². The van der Waals surface area contributed by atoms with Crippen molar-refractivity contribution in [3.63, 3.8) is 0 Å². The third-order valence-corrected chi connectivity index (χ3v) is 6.19. The molecule has 0 bridgehead atoms. The zero-order chi connectivity index (χ0) is 22.2. The highest BCUT2D eigenvalue weighted by Crippen LogP contribution is 2.35. The highest BCUT2D eigenvalue weighted by molar-refractivity contribution is 5.76. The minimum absolute atomic E-state index is 0.0194. The molecular formula is C22H26F4N4O. The Morgan fingerprint density at radius 1 is 1.19 bits per heavy atom. The highest BCUT2D eigenvalue weighted by Gasteiger charge is 2.41. The van der Waals surface area contributed by atoms with E-state index in [0.717, 1.165) is 25.9 Å². The summed E-state index contributed by atoms with van der Waals surface area (Å²) in [6.45, 7) is 2.36. The Morgan fingerprint density at radius 2 is 1.94 bits per heavy atom. The fourth-order valence-corrected chi connectivity index (χ4v) is 4.63. The van der Waals surface area contributed by atoms with Gasteiger partial charge < -0.3 is 9.80 Å². The molecule has 1 saturated heterocycles. The standard InChI is InChI=1S/C22H26F4N4O/c1-28-9-2-3-16(12-28)11-20(31)29-10-8-18-19(14-29)30(27-21(18)22(24,25)26)13-15-4-6-17(23)7-5-15/h4-7,16H,2-3,8-14H2,1H3. The van der Waals surface area contributed by atoms with E-state index < -0.39 is 17.7 Å². The van der Waals surface area contributed by atoms with Gasteiger partial charge in [0.15, 0.2) is 5.69 Å². The van der Waals surface area contributed by atoms with Gasteiger partial charge in [-0.15, -0.1) is 0 Å². The molecule has 3 heterocycles. The van der Waals surface area contributed by atoms with Crippen molar-refractivity contribution >= 4 is 5.91 Å². The van der Waals surface area contributed by atoms with Gasteiger partial charge in [-0.3, -0.25) is 9.48 Å². The molecule has 5 nitrogen and oxygen atoms in total. The molecule has 0 spiro atoms. The molecule has 1 aromatic carbocycles. The van der Waals surface area contributed by atoms with E-state index in [2.05, 4.69) is 10.00 Å². The summed E-state index contributed by atoms with van der Waals surface area (Å²) in [6.07, 6.45) is -1.97. The Balaban J connectivity index is 1.55. The number of halogens is 4. The van der Waals surface area contributed by atoms with Crippen molar-refractivity contribution in [1.82, 2.24) is 19.6 Å². The van der Waals surface area contributed by atoms with Crippen LogP contribution < -0.4 is 0 Å². The molecule has 1 atom stereocenters. The van der Waals surface area contributed by atoms with Gasteiger partial charge >= 0.3 is 6.18 Å². The number of nitrogens with zero attached hydrogens (tertiary/aromatic N) is 4. The molecule has 168 valence electrons. The van der Waals surface area contributed by atoms with Crippen LogP contribution in [0.4, 0.5) is 17.6 Å². The summed E-state index contributed by atoms with van der Waals surface area (Å²) < 4.78 is 55.2. The van der Waals surface area contributed by atoms with Crippen LogP contribution in [0.2, 0.25) is 0 Å². The normalized spacial score (nSPS) is 20.0. The van der Waals surface area contributed by atoms with E-state index in [1.807, 2.05) is 7.05 Å². The summed E-state index contributed by atoms with van der Waals surface area (Å²) >= 11 is 0. The topological polar surface area (TPSA) is 41.4 Å². The number of carbonyl (C=O) groups excluding carboxylic acids is 1. The van der Waals surface area contributed by atoms with Crippen LogP contribution >= 0.6 is 0 Å². The van der Waals surface area contributed by atoms with Gasteiger partial charge in [-0.2, -0.15) is 18.3 Å². The average molecular weight is 438 g/mol. The van der Waals surface area contributed by atoms with E-state index in [9.17, 15) is 22.4 Å². The fraction of sp³-hybridized carbons (Fsp3) is 0.545. The van der Waals surface area contributed by atoms with Gasteiger partial charge in [0, 0.05) is 25.1 Å². The second-order valence-electron chi connectivity index (χ2n) is 8.60. The number of piperidine rings is 1. The van der Waals surface area contributed by atoms with E-state index in [0.29, 0.717) is 17.7 Å². The summed E-state index contributed by atoms with van der Waals surface area (Å²) in [4.78, 5) is 16.8. The van der Waals surface area contributed by atoms with Crippen molar-refractivity contribution < 1.29 is 22.4 Å². The van der Waals surface area contributed by atoms with E-state index in [-0.39, 0.29) is 43.4 Å². The largest absolute Gasteiger partial charge is 0.435 e. The summed E-state index contributed by atoms with van der Waals surface area (Å²) in [7, 11) is 2.04. The smallest absolute Gasteiger partial charge is 0.336 e. The molecule has 0 radical (unpaired) electrons. The molecule has 4 rings (SSSR count). The number of fused-ring (bicyclic) bond motifs is 1. The lowest BCUT2D eigenvalue weighted by atomic mass is 9.94. The second kappa shape index (κ2) is 8.61. The molecule has 1 fully saturated rings. The lowest BCUT2D eigenvalue weighted by Crippen LogP contribution is -2.40. The van der Waals surface area contributed by atoms with Crippen LogP contribution in [-0.4, -0.2) is 52.2 Å². The number of likely N-dealkylation sites (tertiary alicyclic amines) is 1. The van der Waals surface area contributed by atoms with Crippen LogP contribution in [0.25, 0.3) is 0 Å². The molecule has 31 heavy (non-hydrogen) atoms. The minimum Gasteiger partial charge on any atom is -0.336 e. The Kier molecular flexibility index (Phi) is 6.05. The number of carbonyl (C=O) groups is 1. The van der Waals surface area contributed by atoms with Gasteiger partial charge in [0.2, 0.25) is 5.91 Å². The van der Waals surface area contributed by atoms with Crippen LogP contribution in [0.1, 0.15) is 41.8 Å². The lowest BCUT2D eigenvalue weighted by molar-refractivity contribution is -0.142. The van der Waals surface area contributed by atoms with E-state index in [4.69, 9.17) is 0 Å². The number of alkyl halides is 3. The first kappa shape index (κ1) is 21.8. The van der Waals surface area contributed by atoms with Crippen LogP contribution in [0.3, 0.4) is 0 Å². The Hall–Kier alpha value is -2.42. The first-order valence-electron chi connectivity index (χ1n) is 10.6. The number of amides is 1. The molecule has 2 aliphatic rings. The molecule has 1 amide bonds. The Bertz CT molecular complexity index is 938. The first-order valence-corrected chi connectivity index (χ1v) is 10.6. The SMILES string of the molecule is CN1CCCC(CC(=O)N2CCc3c(C(F)(F)F)nn(Cc4ccc(F)cc4)c3C2)C1. The predicted molar refractivity (Wildman–Crippen MR) is 107 cm³/mol. The molecule has 0 saturated carbocycles. The number of aromatic nitrogens is 2. The third-order valence-electron chi connectivity index (χ3n) is 6.19. The van der Waals surface area contributed by atoms with Crippen molar-refractivity contribution in [2.24, 2.45) is 5.92 Å². The van der Waals surface area contributed by atoms with E-state index >= 15 is 0 Å². The maximum absolute atomic E-state index is 13.6. The number of hydrogen-bond donors (Lipinski definition) is 0. The van der Waals surface area contributed by atoms with Crippen LogP contribution in [0.15, 0.2) is 24.3 Å². The maximum atomic E-state index is 13.6. The molecule has 2 aliphatic heterocycles. The van der Waals surface area contributed by atoms with Gasteiger partial charge in [-0.05, 0) is 56.5 Å². The summed E-state index contributed by atoms with van der Waals surface area (Å²) in [5.74, 6) is -0.149. The van der Waals surface area contributed by atoms with E-state index in [1.165, 1.54) is 28.9 Å². The van der Waals surface area contributed by atoms with Gasteiger partial charge in [0.05, 0.1) is 18.8 Å². The molecule has 9 heteroatoms. The maximum Gasteiger partial charge on any atom is 0.435 e. The monoisotopic (exact) mass is 438 g/mol. The van der Waals surface area contributed by atoms with Crippen LogP contribution in [0.5, 0.6) is 0 Å². The van der Waals surface area contributed by atoms with Crippen molar-refractivity contribution in [2.75, 3.05) is 26.7 Å². The highest BCUT2D eigenvalue weighted by atomic mass is 19.4. The first-order chi connectivity index (χ1) is 14.7. The summed E-state index contributed by atoms with van der Waals surface area (Å²) in [5, 5.41) is 3.85. The van der Waals surface area contributed by atoms with Crippen LogP contribution in [-0.2, 0) is 30.5 Å². The van der Waals surface area contributed by atoms with Crippen molar-refractivity contribution in [3.8, 4) is 0 Å². The quantitative estimate of drug-likeness (QED) is 0.684. The van der Waals surface area contributed by atoms with Crippen molar-refractivity contribution in [3.05, 3.63) is 52.6 Å². The average Bonchev–Trinajstić information content (AvgIpc) is 3.08. The molecular weight excluding hydrogens is 412 g/mol. The predicted octanol–water partition coefficient (Wildman–Crippen LogP) is 3.71. The number of hydrogen-bond acceptors (Lipinski definition) is 3. The van der Waals surface area contributed by atoms with E-state index in [1.54, 1.807) is 4.90 Å². The lowest BCUT2D eigenvalue weighted by Gasteiger charge is -2.33. The zero-order valence-corrected chi connectivity index (χ0v) is 17.5. The molecule has 0 N–H and O–H groups in total. The van der Waals surface area contributed by atoms with Gasteiger partial charge in [0.25, 0.3) is 0 Å². The second-order valence-corrected chi connectivity index (χ2v) is 8.60. The van der Waals surface area contributed by atoms with Gasteiger partial charge in [0.1, 0.15) is 5.82 Å². The molecule has 1 aromatic heterocycles. The van der Waals surface area contributed by atoms with Gasteiger partial charge in [-0.1, -0.05) is 12.1 Å². The minimum atomic E-state index is -4.56. The van der Waals surface area contributed by atoms with Gasteiger partial charge in [-0.25, -0.2) is 4.39 Å². The fourth-order valence-electron chi connectivity index (χ4n) is 4.63. The number of rotatable bonds is 4. The molecule has 2 aromatic rings. The van der Waals surface area contributed by atoms with Crippen molar-refractivity contribution in [2.45, 2.75) is 44.9 Å². The number of benzene rings is 1. The van der Waals surface area contributed by atoms with Crippen molar-refractivity contribution in [1.29, 1.82) is 0 Å². The summed E-state index contributed by atoms with van der Waals surface area (Å²) in [5.41, 5.74) is 0.341. The van der Waals surface area contributed by atoms with Crippen LogP contribution in [0, 0.1) is 11.7 Å². The zero-order valence-electron chi connectivity index (χ0n) is 17.5. The summed E-state index contributed by atoms with van der Waals surface area (Å²) in [6, 6.07) is 5.60. The molecule has 0 aliphatic carbocycles. The molecule has 1 unspecified atom stereocenters. The Morgan fingerprint density at radius 3 is 2.61 bits per heavy atom.